The molecule has 1 N–H and O–H groups in total. The largest absolute Gasteiger partial charge is 0.377 e. The number of benzene rings is 1. The molecule has 2 heterocycles. The molecular formula is C17H26N2O. The summed E-state index contributed by atoms with van der Waals surface area (Å²) in [7, 11) is 2.22. The Kier molecular flexibility index (Phi) is 4.71. The molecule has 110 valence electrons. The van der Waals surface area contributed by atoms with Gasteiger partial charge in [0.2, 0.25) is 0 Å². The van der Waals surface area contributed by atoms with Crippen LogP contribution in [-0.4, -0.2) is 44.3 Å². The number of likely N-dealkylation sites (N-methyl/N-ethyl adjacent to an activating group) is 1. The third-order valence-electron chi connectivity index (χ3n) is 4.50. The number of hydrogen-bond acceptors (Lipinski definition) is 3. The van der Waals surface area contributed by atoms with Crippen molar-refractivity contribution in [3.8, 4) is 0 Å². The maximum Gasteiger partial charge on any atom is 0.0701 e. The Balaban J connectivity index is 1.57. The number of rotatable bonds is 4. The number of fused-ring (bicyclic) bond motifs is 1. The summed E-state index contributed by atoms with van der Waals surface area (Å²) >= 11 is 0. The Bertz CT molecular complexity index is 429. The van der Waals surface area contributed by atoms with Gasteiger partial charge in [-0.15, -0.1) is 0 Å². The summed E-state index contributed by atoms with van der Waals surface area (Å²) in [6, 6.07) is 9.32. The van der Waals surface area contributed by atoms with E-state index < -0.39 is 0 Å². The summed E-state index contributed by atoms with van der Waals surface area (Å²) in [6.45, 7) is 4.16. The van der Waals surface area contributed by atoms with E-state index in [2.05, 4.69) is 41.5 Å². The van der Waals surface area contributed by atoms with Crippen LogP contribution in [0.4, 0.5) is 0 Å². The van der Waals surface area contributed by atoms with Crippen molar-refractivity contribution in [2.24, 2.45) is 0 Å². The molecule has 2 unspecified atom stereocenters. The second kappa shape index (κ2) is 6.70. The molecule has 0 bridgehead atoms. The molecule has 3 rings (SSSR count). The summed E-state index contributed by atoms with van der Waals surface area (Å²) < 4.78 is 5.85. The van der Waals surface area contributed by atoms with Crippen molar-refractivity contribution in [2.45, 2.75) is 37.8 Å². The Hall–Kier alpha value is -0.900. The van der Waals surface area contributed by atoms with Gasteiger partial charge in [-0.1, -0.05) is 24.3 Å². The van der Waals surface area contributed by atoms with E-state index in [0.717, 1.165) is 32.7 Å². The first kappa shape index (κ1) is 14.1. The predicted molar refractivity (Wildman–Crippen MR) is 82.0 cm³/mol. The van der Waals surface area contributed by atoms with Crippen molar-refractivity contribution in [3.63, 3.8) is 0 Å². The highest BCUT2D eigenvalue weighted by molar-refractivity contribution is 5.32. The van der Waals surface area contributed by atoms with Crippen LogP contribution in [0.1, 0.15) is 36.4 Å². The van der Waals surface area contributed by atoms with Crippen molar-refractivity contribution < 1.29 is 4.74 Å². The lowest BCUT2D eigenvalue weighted by atomic mass is 9.94. The number of hydrogen-bond donors (Lipinski definition) is 1. The lowest BCUT2D eigenvalue weighted by molar-refractivity contribution is -0.00271. The standard InChI is InChI=1S/C17H26N2O/c1-19(12-15-7-4-5-11-20-15)13-17-16-8-3-2-6-14(16)9-10-18-17/h2-3,6,8,15,17-18H,4-5,7,9-13H2,1H3. The molecule has 2 aliphatic heterocycles. The van der Waals surface area contributed by atoms with Gasteiger partial charge in [0.15, 0.2) is 0 Å². The molecule has 3 nitrogen and oxygen atoms in total. The van der Waals surface area contributed by atoms with Crippen LogP contribution in [-0.2, 0) is 11.2 Å². The highest BCUT2D eigenvalue weighted by Crippen LogP contribution is 2.23. The summed E-state index contributed by atoms with van der Waals surface area (Å²) in [5, 5.41) is 3.66. The third kappa shape index (κ3) is 3.40. The van der Waals surface area contributed by atoms with Gasteiger partial charge in [-0.05, 0) is 50.4 Å². The highest BCUT2D eigenvalue weighted by Gasteiger charge is 2.22. The van der Waals surface area contributed by atoms with E-state index in [1.807, 2.05) is 0 Å². The van der Waals surface area contributed by atoms with E-state index in [4.69, 9.17) is 4.74 Å². The predicted octanol–water partition coefficient (Wildman–Crippen LogP) is 2.37. The zero-order valence-corrected chi connectivity index (χ0v) is 12.5. The minimum atomic E-state index is 0.438. The van der Waals surface area contributed by atoms with Crippen molar-refractivity contribution in [1.29, 1.82) is 0 Å². The third-order valence-corrected chi connectivity index (χ3v) is 4.50. The van der Waals surface area contributed by atoms with Crippen LogP contribution in [0.15, 0.2) is 24.3 Å². The topological polar surface area (TPSA) is 24.5 Å². The zero-order valence-electron chi connectivity index (χ0n) is 12.5. The summed E-state index contributed by atoms with van der Waals surface area (Å²) in [5.41, 5.74) is 2.99. The van der Waals surface area contributed by atoms with Crippen LogP contribution in [0.25, 0.3) is 0 Å². The average Bonchev–Trinajstić information content (AvgIpc) is 2.48. The Morgan fingerprint density at radius 1 is 1.25 bits per heavy atom. The van der Waals surface area contributed by atoms with Crippen LogP contribution in [0, 0.1) is 0 Å². The molecule has 1 saturated heterocycles. The summed E-state index contributed by atoms with van der Waals surface area (Å²) in [5.74, 6) is 0. The number of nitrogens with one attached hydrogen (secondary N) is 1. The molecule has 20 heavy (non-hydrogen) atoms. The summed E-state index contributed by atoms with van der Waals surface area (Å²) in [6.07, 6.45) is 5.37. The van der Waals surface area contributed by atoms with Crippen molar-refractivity contribution >= 4 is 0 Å². The van der Waals surface area contributed by atoms with Gasteiger partial charge in [-0.2, -0.15) is 0 Å². The zero-order chi connectivity index (χ0) is 13.8. The Labute approximate surface area is 122 Å². The molecule has 0 saturated carbocycles. The summed E-state index contributed by atoms with van der Waals surface area (Å²) in [4.78, 5) is 2.43. The maximum atomic E-state index is 5.85. The van der Waals surface area contributed by atoms with Crippen molar-refractivity contribution in [1.82, 2.24) is 10.2 Å². The van der Waals surface area contributed by atoms with Gasteiger partial charge in [0, 0.05) is 25.7 Å². The minimum Gasteiger partial charge on any atom is -0.377 e. The smallest absolute Gasteiger partial charge is 0.0701 e. The van der Waals surface area contributed by atoms with Gasteiger partial charge in [0.25, 0.3) is 0 Å². The lowest BCUT2D eigenvalue weighted by Gasteiger charge is -2.33. The minimum absolute atomic E-state index is 0.438. The maximum absolute atomic E-state index is 5.85. The molecule has 1 aromatic rings. The molecule has 3 heteroatoms. The normalized spacial score (nSPS) is 26.5. The average molecular weight is 274 g/mol. The Morgan fingerprint density at radius 2 is 2.15 bits per heavy atom. The van der Waals surface area contributed by atoms with Gasteiger partial charge >= 0.3 is 0 Å². The van der Waals surface area contributed by atoms with Crippen LogP contribution < -0.4 is 5.32 Å². The van der Waals surface area contributed by atoms with Gasteiger partial charge in [0.05, 0.1) is 6.10 Å². The molecule has 1 aromatic carbocycles. The van der Waals surface area contributed by atoms with Gasteiger partial charge in [0.1, 0.15) is 0 Å². The fraction of sp³-hybridized carbons (Fsp3) is 0.647. The van der Waals surface area contributed by atoms with E-state index in [-0.39, 0.29) is 0 Å². The second-order valence-corrected chi connectivity index (χ2v) is 6.17. The van der Waals surface area contributed by atoms with Crippen molar-refractivity contribution in [3.05, 3.63) is 35.4 Å². The SMILES string of the molecule is CN(CC1CCCCO1)CC1NCCc2ccccc21. The van der Waals surface area contributed by atoms with Gasteiger partial charge < -0.3 is 15.0 Å². The lowest BCUT2D eigenvalue weighted by Crippen LogP contribution is -2.41. The van der Waals surface area contributed by atoms with E-state index in [9.17, 15) is 0 Å². The van der Waals surface area contributed by atoms with Crippen LogP contribution in [0.2, 0.25) is 0 Å². The second-order valence-electron chi connectivity index (χ2n) is 6.17. The fourth-order valence-electron chi connectivity index (χ4n) is 3.44. The monoisotopic (exact) mass is 274 g/mol. The molecule has 0 aromatic heterocycles. The molecule has 2 atom stereocenters. The van der Waals surface area contributed by atoms with E-state index in [1.165, 1.54) is 30.4 Å². The van der Waals surface area contributed by atoms with Gasteiger partial charge in [-0.25, -0.2) is 0 Å². The van der Waals surface area contributed by atoms with E-state index >= 15 is 0 Å². The molecule has 1 fully saturated rings. The molecule has 0 spiro atoms. The Morgan fingerprint density at radius 3 is 3.00 bits per heavy atom. The first-order valence-electron chi connectivity index (χ1n) is 7.94. The molecule has 0 aliphatic carbocycles. The van der Waals surface area contributed by atoms with Crippen LogP contribution >= 0.6 is 0 Å². The molecular weight excluding hydrogens is 248 g/mol. The van der Waals surface area contributed by atoms with Crippen LogP contribution in [0.5, 0.6) is 0 Å². The van der Waals surface area contributed by atoms with E-state index in [1.54, 1.807) is 0 Å². The highest BCUT2D eigenvalue weighted by atomic mass is 16.5. The van der Waals surface area contributed by atoms with Gasteiger partial charge in [-0.3, -0.25) is 0 Å². The van der Waals surface area contributed by atoms with Crippen LogP contribution in [0.3, 0.4) is 0 Å². The fourth-order valence-corrected chi connectivity index (χ4v) is 3.44. The molecule has 0 radical (unpaired) electrons. The van der Waals surface area contributed by atoms with E-state index in [0.29, 0.717) is 12.1 Å². The number of ether oxygens (including phenoxy) is 1. The van der Waals surface area contributed by atoms with Crippen molar-refractivity contribution in [2.75, 3.05) is 33.3 Å². The molecule has 2 aliphatic rings. The number of nitrogens with zero attached hydrogens (tertiary/aromatic N) is 1. The molecule has 0 amide bonds. The first-order chi connectivity index (χ1) is 9.83. The first-order valence-corrected chi connectivity index (χ1v) is 7.94. The quantitative estimate of drug-likeness (QED) is 0.912.